The highest BCUT2D eigenvalue weighted by atomic mass is 35.5. The maximum Gasteiger partial charge on any atom is 0.288 e. The van der Waals surface area contributed by atoms with Crippen LogP contribution in [0.5, 0.6) is 5.75 Å². The number of carbonyl (C=O) groups excluding carboxylic acids is 1. The van der Waals surface area contributed by atoms with Crippen molar-refractivity contribution in [2.24, 2.45) is 0 Å². The Morgan fingerprint density at radius 2 is 1.65 bits per heavy atom. The molecule has 0 bridgehead atoms. The van der Waals surface area contributed by atoms with Gasteiger partial charge in [0.25, 0.3) is 11.6 Å². The molecule has 1 radical (unpaired) electrons. The summed E-state index contributed by atoms with van der Waals surface area (Å²) in [5.74, 6) is -0.340. The van der Waals surface area contributed by atoms with Gasteiger partial charge in [-0.25, -0.2) is 0 Å². The lowest BCUT2D eigenvalue weighted by Crippen LogP contribution is -2.12. The largest absolute Gasteiger partial charge is 0.508 e. The number of phenolic OH excluding ortho intramolecular Hbond substituents is 1. The van der Waals surface area contributed by atoms with Gasteiger partial charge in [-0.05, 0) is 47.5 Å². The van der Waals surface area contributed by atoms with E-state index in [1.54, 1.807) is 36.4 Å². The first-order valence-corrected chi connectivity index (χ1v) is 7.88. The summed E-state index contributed by atoms with van der Waals surface area (Å²) >= 11 is 5.72. The van der Waals surface area contributed by atoms with E-state index in [0.717, 1.165) is 17.2 Å². The molecule has 0 saturated heterocycles. The summed E-state index contributed by atoms with van der Waals surface area (Å²) in [6, 6.07) is 18.7. The summed E-state index contributed by atoms with van der Waals surface area (Å²) in [5.41, 5.74) is 2.03. The number of anilines is 1. The van der Waals surface area contributed by atoms with Crippen LogP contribution in [0.25, 0.3) is 11.1 Å². The number of benzene rings is 3. The van der Waals surface area contributed by atoms with Crippen molar-refractivity contribution >= 4 is 28.9 Å². The van der Waals surface area contributed by atoms with E-state index < -0.39 is 10.8 Å². The number of nitrogens with one attached hydrogen (secondary N) is 1. The molecule has 0 aliphatic carbocycles. The second-order valence-electron chi connectivity index (χ2n) is 5.42. The molecule has 0 aromatic heterocycles. The zero-order valence-electron chi connectivity index (χ0n) is 13.3. The van der Waals surface area contributed by atoms with Crippen molar-refractivity contribution in [3.8, 4) is 16.9 Å². The van der Waals surface area contributed by atoms with Gasteiger partial charge in [0.1, 0.15) is 10.8 Å². The van der Waals surface area contributed by atoms with Gasteiger partial charge in [0.2, 0.25) is 0 Å². The second-order valence-corrected chi connectivity index (χ2v) is 5.82. The summed E-state index contributed by atoms with van der Waals surface area (Å²) in [7, 11) is 0. The molecule has 0 spiro atoms. The first kappa shape index (κ1) is 17.4. The van der Waals surface area contributed by atoms with Crippen molar-refractivity contribution in [3.05, 3.63) is 87.4 Å². The standard InChI is InChI=1S/C19H12ClN2O4/c20-17-10-5-14(11-18(17)22(25)26)19(24)21-15-6-1-12(2-7-15)13-3-8-16(23)9-4-13/h1-4,6-11,23H,(H,21,24). The summed E-state index contributed by atoms with van der Waals surface area (Å²) in [5, 5.41) is 22.8. The van der Waals surface area contributed by atoms with Crippen molar-refractivity contribution in [2.75, 3.05) is 5.32 Å². The monoisotopic (exact) mass is 367 g/mol. The summed E-state index contributed by atoms with van der Waals surface area (Å²) in [6.45, 7) is 0. The smallest absolute Gasteiger partial charge is 0.288 e. The zero-order valence-corrected chi connectivity index (χ0v) is 14.0. The maximum atomic E-state index is 12.3. The zero-order chi connectivity index (χ0) is 18.7. The number of rotatable bonds is 4. The number of amides is 1. The van der Waals surface area contributed by atoms with Crippen LogP contribution in [-0.2, 0) is 0 Å². The number of hydrogen-bond acceptors (Lipinski definition) is 4. The van der Waals surface area contributed by atoms with E-state index in [1.807, 2.05) is 12.1 Å². The highest BCUT2D eigenvalue weighted by Crippen LogP contribution is 2.26. The average molecular weight is 368 g/mol. The molecule has 0 fully saturated rings. The first-order valence-electron chi connectivity index (χ1n) is 7.50. The van der Waals surface area contributed by atoms with Crippen molar-refractivity contribution in [1.29, 1.82) is 0 Å². The number of nitro benzene ring substituents is 1. The van der Waals surface area contributed by atoms with Crippen LogP contribution in [0.3, 0.4) is 0 Å². The second kappa shape index (κ2) is 7.25. The van der Waals surface area contributed by atoms with E-state index in [0.29, 0.717) is 5.69 Å². The van der Waals surface area contributed by atoms with Gasteiger partial charge >= 0.3 is 0 Å². The average Bonchev–Trinajstić information content (AvgIpc) is 2.63. The first-order chi connectivity index (χ1) is 12.4. The van der Waals surface area contributed by atoms with Crippen LogP contribution in [0, 0.1) is 16.2 Å². The Labute approximate surface area is 153 Å². The van der Waals surface area contributed by atoms with Gasteiger partial charge < -0.3 is 10.4 Å². The minimum atomic E-state index is -0.653. The van der Waals surface area contributed by atoms with Gasteiger partial charge in [-0.2, -0.15) is 0 Å². The minimum absolute atomic E-state index is 0.0173. The number of carbonyl (C=O) groups is 1. The lowest BCUT2D eigenvalue weighted by Gasteiger charge is -2.07. The lowest BCUT2D eigenvalue weighted by atomic mass is 10.1. The Morgan fingerprint density at radius 3 is 2.23 bits per heavy atom. The third-order valence-corrected chi connectivity index (χ3v) is 3.97. The Balaban J connectivity index is 1.77. The highest BCUT2D eigenvalue weighted by Gasteiger charge is 2.16. The highest BCUT2D eigenvalue weighted by molar-refractivity contribution is 6.32. The van der Waals surface area contributed by atoms with E-state index >= 15 is 0 Å². The fraction of sp³-hybridized carbons (Fsp3) is 0. The number of phenols is 1. The molecule has 0 aliphatic heterocycles. The molecule has 0 unspecified atom stereocenters. The molecule has 7 heteroatoms. The van der Waals surface area contributed by atoms with Crippen molar-refractivity contribution in [2.45, 2.75) is 0 Å². The molecule has 129 valence electrons. The van der Waals surface area contributed by atoms with E-state index in [9.17, 15) is 20.0 Å². The van der Waals surface area contributed by atoms with E-state index in [-0.39, 0.29) is 22.0 Å². The molecule has 0 atom stereocenters. The van der Waals surface area contributed by atoms with E-state index in [2.05, 4.69) is 11.4 Å². The molecule has 0 heterocycles. The molecule has 3 aromatic rings. The van der Waals surface area contributed by atoms with Crippen LogP contribution in [-0.4, -0.2) is 15.9 Å². The maximum absolute atomic E-state index is 12.3. The third kappa shape index (κ3) is 3.81. The van der Waals surface area contributed by atoms with Crippen LogP contribution >= 0.6 is 11.6 Å². The topological polar surface area (TPSA) is 92.5 Å². The Morgan fingerprint density at radius 1 is 1.08 bits per heavy atom. The van der Waals surface area contributed by atoms with Gasteiger partial charge in [-0.1, -0.05) is 35.9 Å². The summed E-state index contributed by atoms with van der Waals surface area (Å²) in [4.78, 5) is 22.5. The Kier molecular flexibility index (Phi) is 4.86. The minimum Gasteiger partial charge on any atom is -0.508 e. The number of nitro groups is 1. The van der Waals surface area contributed by atoms with Crippen LogP contribution in [0.15, 0.2) is 60.7 Å². The fourth-order valence-electron chi connectivity index (χ4n) is 2.33. The summed E-state index contributed by atoms with van der Waals surface area (Å²) < 4.78 is 0. The molecular formula is C19H12ClN2O4. The number of aromatic hydroxyl groups is 1. The third-order valence-electron chi connectivity index (χ3n) is 3.66. The Bertz CT molecular complexity index is 970. The number of nitrogens with zero attached hydrogens (tertiary/aromatic N) is 1. The van der Waals surface area contributed by atoms with Crippen LogP contribution in [0.4, 0.5) is 11.4 Å². The molecule has 3 aromatic carbocycles. The molecular weight excluding hydrogens is 356 g/mol. The van der Waals surface area contributed by atoms with Gasteiger partial charge in [0, 0.05) is 11.8 Å². The molecule has 2 N–H and O–H groups in total. The molecule has 6 nitrogen and oxygen atoms in total. The fourth-order valence-corrected chi connectivity index (χ4v) is 2.51. The molecule has 26 heavy (non-hydrogen) atoms. The van der Waals surface area contributed by atoms with E-state index in [1.165, 1.54) is 6.07 Å². The van der Waals surface area contributed by atoms with Crippen LogP contribution in [0.1, 0.15) is 10.4 Å². The van der Waals surface area contributed by atoms with Crippen molar-refractivity contribution in [1.82, 2.24) is 0 Å². The molecule has 0 saturated carbocycles. The Hall–Kier alpha value is -3.38. The van der Waals surface area contributed by atoms with Crippen LogP contribution < -0.4 is 5.32 Å². The van der Waals surface area contributed by atoms with Crippen molar-refractivity contribution in [3.63, 3.8) is 0 Å². The quantitative estimate of drug-likeness (QED) is 0.517. The van der Waals surface area contributed by atoms with E-state index in [4.69, 9.17) is 11.6 Å². The summed E-state index contributed by atoms with van der Waals surface area (Å²) in [6.07, 6.45) is 0. The van der Waals surface area contributed by atoms with Gasteiger partial charge in [-0.3, -0.25) is 14.9 Å². The SMILES string of the molecule is O=C(Nc1ccc(-c2ccc(O)cc2)cc1)c1[c]cc(Cl)c([N+](=O)[O-])c1. The van der Waals surface area contributed by atoms with Crippen molar-refractivity contribution < 1.29 is 14.8 Å². The molecule has 3 rings (SSSR count). The number of hydrogen-bond donors (Lipinski definition) is 2. The van der Waals surface area contributed by atoms with Crippen LogP contribution in [0.2, 0.25) is 5.02 Å². The predicted molar refractivity (Wildman–Crippen MR) is 98.4 cm³/mol. The van der Waals surface area contributed by atoms with Gasteiger partial charge in [0.15, 0.2) is 0 Å². The lowest BCUT2D eigenvalue weighted by molar-refractivity contribution is -0.384. The van der Waals surface area contributed by atoms with Gasteiger partial charge in [0.05, 0.1) is 10.5 Å². The molecule has 0 aliphatic rings. The predicted octanol–water partition coefficient (Wildman–Crippen LogP) is 4.67. The normalized spacial score (nSPS) is 10.3. The molecule has 1 amide bonds. The number of halogens is 1. The van der Waals surface area contributed by atoms with Gasteiger partial charge in [-0.15, -0.1) is 0 Å².